The molecule has 3 unspecified atom stereocenters. The summed E-state index contributed by atoms with van der Waals surface area (Å²) in [7, 11) is 0. The van der Waals surface area contributed by atoms with E-state index in [1.54, 1.807) is 0 Å². The lowest BCUT2D eigenvalue weighted by Crippen LogP contribution is -2.28. The van der Waals surface area contributed by atoms with Crippen molar-refractivity contribution in [1.29, 1.82) is 0 Å². The van der Waals surface area contributed by atoms with Crippen molar-refractivity contribution in [3.8, 4) is 0 Å². The molecule has 78 valence electrons. The summed E-state index contributed by atoms with van der Waals surface area (Å²) in [6, 6.07) is 0. The Kier molecular flexibility index (Phi) is 6.54. The zero-order chi connectivity index (χ0) is 10.4. The number of hydrogen-bond acceptors (Lipinski definition) is 0. The van der Waals surface area contributed by atoms with Gasteiger partial charge in [0.2, 0.25) is 0 Å². The zero-order valence-corrected chi connectivity index (χ0v) is 10.4. The minimum atomic E-state index is 0.893. The molecule has 0 aromatic carbocycles. The molecule has 0 aromatic heterocycles. The molecule has 0 aliphatic heterocycles. The fourth-order valence-corrected chi connectivity index (χ4v) is 2.50. The van der Waals surface area contributed by atoms with E-state index in [2.05, 4.69) is 41.5 Å². The molecule has 0 aromatic rings. The van der Waals surface area contributed by atoms with Crippen LogP contribution in [-0.2, 0) is 0 Å². The average molecular weight is 182 g/mol. The number of rotatable bonds is 6. The van der Waals surface area contributed by atoms with E-state index in [9.17, 15) is 0 Å². The molecule has 0 bridgehead atoms. The number of hydrogen-bond donors (Lipinski definition) is 0. The Morgan fingerprint density at radius 1 is 0.692 bits per heavy atom. The van der Waals surface area contributed by atoms with E-state index in [1.165, 1.54) is 19.3 Å². The van der Waals surface area contributed by atoms with Gasteiger partial charge in [-0.25, -0.2) is 0 Å². The molecule has 0 fully saturated rings. The third-order valence-electron chi connectivity index (χ3n) is 3.90. The molecule has 0 radical (unpaired) electrons. The van der Waals surface area contributed by atoms with E-state index >= 15 is 0 Å². The van der Waals surface area contributed by atoms with Crippen LogP contribution in [0.5, 0.6) is 0 Å². The monoisotopic (exact) mass is 182 g/mol. The van der Waals surface area contributed by atoms with E-state index in [1.807, 2.05) is 0 Å². The Morgan fingerprint density at radius 3 is 1.08 bits per heavy atom. The van der Waals surface area contributed by atoms with Gasteiger partial charge in [0.05, 0.1) is 0 Å². The first-order valence-electron chi connectivity index (χ1n) is 6.08. The van der Waals surface area contributed by atoms with Crippen molar-refractivity contribution in [3.63, 3.8) is 0 Å². The highest BCUT2D eigenvalue weighted by Crippen LogP contribution is 2.35. The van der Waals surface area contributed by atoms with Crippen LogP contribution in [0.1, 0.15) is 60.8 Å². The second-order valence-corrected chi connectivity index (χ2v) is 4.73. The minimum Gasteiger partial charge on any atom is -0.0691 e. The second kappa shape index (κ2) is 6.51. The minimum absolute atomic E-state index is 0.893. The predicted octanol–water partition coefficient (Wildman–Crippen LogP) is 4.88. The maximum Gasteiger partial charge on any atom is 0.148 e. The summed E-state index contributed by atoms with van der Waals surface area (Å²) in [4.78, 5) is 0. The van der Waals surface area contributed by atoms with Crippen LogP contribution in [0.15, 0.2) is 0 Å². The Hall–Kier alpha value is 0.0649. The van der Waals surface area contributed by atoms with Crippen LogP contribution >= 0.6 is 0 Å². The third-order valence-corrected chi connectivity index (χ3v) is 3.90. The Labute approximate surface area is 85.6 Å². The third kappa shape index (κ3) is 3.75. The van der Waals surface area contributed by atoms with Gasteiger partial charge >= 0.3 is 0 Å². The first kappa shape index (κ1) is 13.1. The van der Waals surface area contributed by atoms with Gasteiger partial charge < -0.3 is 0 Å². The van der Waals surface area contributed by atoms with Crippen LogP contribution in [0.25, 0.3) is 0 Å². The molecule has 0 amide bonds. The van der Waals surface area contributed by atoms with E-state index in [-0.39, 0.29) is 0 Å². The lowest BCUT2D eigenvalue weighted by molar-refractivity contribution is 0.720. The maximum absolute atomic E-state index is 2.42. The van der Waals surface area contributed by atoms with Gasteiger partial charge in [0.1, 0.15) is 6.71 Å². The van der Waals surface area contributed by atoms with Crippen LogP contribution in [0.4, 0.5) is 0 Å². The average Bonchev–Trinajstić information content (AvgIpc) is 2.16. The van der Waals surface area contributed by atoms with Gasteiger partial charge in [0, 0.05) is 0 Å². The van der Waals surface area contributed by atoms with Crippen molar-refractivity contribution in [2.45, 2.75) is 78.3 Å². The summed E-state index contributed by atoms with van der Waals surface area (Å²) < 4.78 is 0. The molecule has 0 heterocycles. The summed E-state index contributed by atoms with van der Waals surface area (Å²) in [5, 5.41) is 0. The van der Waals surface area contributed by atoms with Crippen molar-refractivity contribution in [2.75, 3.05) is 0 Å². The largest absolute Gasteiger partial charge is 0.148 e. The molecular formula is C12H27B. The molecule has 3 atom stereocenters. The summed E-state index contributed by atoms with van der Waals surface area (Å²) in [5.74, 6) is 2.68. The fraction of sp³-hybridized carbons (Fsp3) is 1.00. The molecule has 0 aliphatic rings. The van der Waals surface area contributed by atoms with Gasteiger partial charge in [0.15, 0.2) is 0 Å². The predicted molar refractivity (Wildman–Crippen MR) is 64.9 cm³/mol. The highest BCUT2D eigenvalue weighted by atomic mass is 14.1. The van der Waals surface area contributed by atoms with Crippen molar-refractivity contribution >= 4 is 6.71 Å². The van der Waals surface area contributed by atoms with E-state index in [0.29, 0.717) is 0 Å². The van der Waals surface area contributed by atoms with Crippen molar-refractivity contribution in [2.24, 2.45) is 0 Å². The summed E-state index contributed by atoms with van der Waals surface area (Å²) in [5.41, 5.74) is 0. The first-order chi connectivity index (χ1) is 6.08. The Balaban J connectivity index is 4.34. The topological polar surface area (TPSA) is 0 Å². The van der Waals surface area contributed by atoms with Crippen molar-refractivity contribution < 1.29 is 0 Å². The standard InChI is InChI=1S/C12H27B/c1-7-10(4)13(11(5)8-2)12(6)9-3/h10-12H,7-9H2,1-6H3. The Bertz CT molecular complexity index is 98.5. The molecule has 0 N–H and O–H groups in total. The van der Waals surface area contributed by atoms with Crippen LogP contribution < -0.4 is 0 Å². The highest BCUT2D eigenvalue weighted by molar-refractivity contribution is 6.63. The molecule has 1 heteroatoms. The van der Waals surface area contributed by atoms with Crippen molar-refractivity contribution in [1.82, 2.24) is 0 Å². The summed E-state index contributed by atoms with van der Waals surface area (Å²) in [6.45, 7) is 15.2. The molecule has 0 nitrogen and oxygen atoms in total. The van der Waals surface area contributed by atoms with Gasteiger partial charge in [-0.3, -0.25) is 0 Å². The molecule has 0 saturated carbocycles. The van der Waals surface area contributed by atoms with Gasteiger partial charge in [-0.15, -0.1) is 0 Å². The first-order valence-corrected chi connectivity index (χ1v) is 6.08. The lowest BCUT2D eigenvalue weighted by Gasteiger charge is -2.30. The van der Waals surface area contributed by atoms with Crippen LogP contribution in [0.3, 0.4) is 0 Å². The van der Waals surface area contributed by atoms with E-state index in [0.717, 1.165) is 24.2 Å². The lowest BCUT2D eigenvalue weighted by atomic mass is 9.28. The van der Waals surface area contributed by atoms with Gasteiger partial charge in [-0.1, -0.05) is 78.3 Å². The summed E-state index contributed by atoms with van der Waals surface area (Å²) >= 11 is 0. The van der Waals surface area contributed by atoms with Crippen LogP contribution in [0.2, 0.25) is 17.5 Å². The van der Waals surface area contributed by atoms with Gasteiger partial charge in [-0.2, -0.15) is 0 Å². The van der Waals surface area contributed by atoms with Crippen molar-refractivity contribution in [3.05, 3.63) is 0 Å². The molecule has 0 spiro atoms. The van der Waals surface area contributed by atoms with Gasteiger partial charge in [-0.05, 0) is 0 Å². The maximum atomic E-state index is 2.42. The molecular weight excluding hydrogens is 155 g/mol. The highest BCUT2D eigenvalue weighted by Gasteiger charge is 2.29. The van der Waals surface area contributed by atoms with Crippen LogP contribution in [-0.4, -0.2) is 6.71 Å². The van der Waals surface area contributed by atoms with Crippen LogP contribution in [0, 0.1) is 0 Å². The zero-order valence-electron chi connectivity index (χ0n) is 10.4. The molecule has 0 saturated heterocycles. The normalized spacial score (nSPS) is 18.0. The molecule has 0 aliphatic carbocycles. The Morgan fingerprint density at radius 2 is 0.923 bits per heavy atom. The summed E-state index contributed by atoms with van der Waals surface area (Å²) in [6.07, 6.45) is 4.00. The van der Waals surface area contributed by atoms with E-state index in [4.69, 9.17) is 0 Å². The van der Waals surface area contributed by atoms with Gasteiger partial charge in [0.25, 0.3) is 0 Å². The smallest absolute Gasteiger partial charge is 0.0691 e. The fourth-order valence-electron chi connectivity index (χ4n) is 2.50. The molecule has 13 heavy (non-hydrogen) atoms. The second-order valence-electron chi connectivity index (χ2n) is 4.73. The van der Waals surface area contributed by atoms with E-state index < -0.39 is 0 Å². The quantitative estimate of drug-likeness (QED) is 0.513. The SMILES string of the molecule is CCC(C)B(C(C)CC)C(C)CC. The molecule has 0 rings (SSSR count).